The number of pyridine rings is 1. The van der Waals surface area contributed by atoms with Crippen LogP contribution in [0, 0.1) is 5.92 Å². The summed E-state index contributed by atoms with van der Waals surface area (Å²) in [5, 5.41) is 3.36. The molecule has 0 aliphatic heterocycles. The first-order valence-electron chi connectivity index (χ1n) is 5.10. The quantitative estimate of drug-likeness (QED) is 0.898. The number of nitrogens with one attached hydrogen (secondary N) is 1. The molecule has 1 heterocycles. The van der Waals surface area contributed by atoms with Crippen LogP contribution in [0.25, 0.3) is 0 Å². The third-order valence-electron chi connectivity index (χ3n) is 3.00. The average Bonchev–Trinajstić information content (AvgIpc) is 2.13. The van der Waals surface area contributed by atoms with Crippen molar-refractivity contribution in [1.29, 1.82) is 0 Å². The fraction of sp³-hybridized carbons (Fsp3) is 0.545. The highest BCUT2D eigenvalue weighted by atomic mass is 79.9. The van der Waals surface area contributed by atoms with Gasteiger partial charge < -0.3 is 5.32 Å². The first kappa shape index (κ1) is 10.1. The normalized spacial score (nSPS) is 19.0. The predicted molar refractivity (Wildman–Crippen MR) is 61.1 cm³/mol. The number of aromatic nitrogens is 1. The molecule has 1 aliphatic carbocycles. The van der Waals surface area contributed by atoms with Crippen LogP contribution in [0.3, 0.4) is 0 Å². The van der Waals surface area contributed by atoms with E-state index < -0.39 is 0 Å². The third-order valence-corrected chi connectivity index (χ3v) is 3.47. The minimum absolute atomic E-state index is 0.442. The van der Waals surface area contributed by atoms with Gasteiger partial charge in [-0.2, -0.15) is 0 Å². The molecule has 76 valence electrons. The second-order valence-electron chi connectivity index (χ2n) is 3.86. The Bertz CT molecular complexity index is 293. The smallest absolute Gasteiger partial charge is 0.0576 e. The largest absolute Gasteiger partial charge is 0.311 e. The van der Waals surface area contributed by atoms with E-state index in [9.17, 15) is 0 Å². The highest BCUT2D eigenvalue weighted by Gasteiger charge is 2.27. The molecule has 1 aliphatic rings. The van der Waals surface area contributed by atoms with Crippen molar-refractivity contribution in [1.82, 2.24) is 10.3 Å². The van der Waals surface area contributed by atoms with Crippen LogP contribution in [0.15, 0.2) is 22.8 Å². The van der Waals surface area contributed by atoms with Crippen LogP contribution in [0.5, 0.6) is 0 Å². The molecule has 1 atom stereocenters. The van der Waals surface area contributed by atoms with E-state index in [2.05, 4.69) is 38.4 Å². The van der Waals surface area contributed by atoms with Gasteiger partial charge in [-0.05, 0) is 53.9 Å². The van der Waals surface area contributed by atoms with E-state index in [1.54, 1.807) is 0 Å². The summed E-state index contributed by atoms with van der Waals surface area (Å²) in [6, 6.07) is 4.60. The van der Waals surface area contributed by atoms with Crippen LogP contribution in [0.1, 0.15) is 31.0 Å². The van der Waals surface area contributed by atoms with Gasteiger partial charge in [0.15, 0.2) is 0 Å². The van der Waals surface area contributed by atoms with Crippen LogP contribution in [0.2, 0.25) is 0 Å². The standard InChI is InChI=1S/C11H15BrN2/c1-13-11(8-3-2-4-8)10-6-5-9(12)7-14-10/h5-8,11,13H,2-4H2,1H3. The maximum atomic E-state index is 4.44. The zero-order valence-electron chi connectivity index (χ0n) is 8.33. The second-order valence-corrected chi connectivity index (χ2v) is 4.77. The molecule has 0 amide bonds. The SMILES string of the molecule is CNC(c1ccc(Br)cn1)C1CCC1. The molecule has 1 saturated carbocycles. The Morgan fingerprint density at radius 3 is 2.71 bits per heavy atom. The molecular formula is C11H15BrN2. The van der Waals surface area contributed by atoms with Crippen molar-refractivity contribution in [2.45, 2.75) is 25.3 Å². The Morgan fingerprint density at radius 2 is 2.29 bits per heavy atom. The third kappa shape index (κ3) is 1.98. The monoisotopic (exact) mass is 254 g/mol. The molecule has 1 unspecified atom stereocenters. The summed E-state index contributed by atoms with van der Waals surface area (Å²) in [4.78, 5) is 4.44. The molecule has 1 N–H and O–H groups in total. The highest BCUT2D eigenvalue weighted by Crippen LogP contribution is 2.36. The molecule has 0 saturated heterocycles. The maximum Gasteiger partial charge on any atom is 0.0576 e. The molecule has 2 nitrogen and oxygen atoms in total. The fourth-order valence-corrected chi connectivity index (χ4v) is 2.20. The average molecular weight is 255 g/mol. The number of nitrogens with zero attached hydrogens (tertiary/aromatic N) is 1. The Kier molecular flexibility index (Phi) is 3.19. The highest BCUT2D eigenvalue weighted by molar-refractivity contribution is 9.10. The van der Waals surface area contributed by atoms with E-state index >= 15 is 0 Å². The summed E-state index contributed by atoms with van der Waals surface area (Å²) in [7, 11) is 2.02. The van der Waals surface area contributed by atoms with E-state index in [0.717, 1.165) is 10.4 Å². The topological polar surface area (TPSA) is 24.9 Å². The summed E-state index contributed by atoms with van der Waals surface area (Å²) in [5.74, 6) is 0.786. The number of hydrogen-bond donors (Lipinski definition) is 1. The minimum Gasteiger partial charge on any atom is -0.311 e. The molecule has 0 aromatic carbocycles. The maximum absolute atomic E-state index is 4.44. The molecule has 3 heteroatoms. The molecule has 14 heavy (non-hydrogen) atoms. The summed E-state index contributed by atoms with van der Waals surface area (Å²) in [6.45, 7) is 0. The van der Waals surface area contributed by atoms with Gasteiger partial charge in [0.05, 0.1) is 11.7 Å². The molecule has 0 bridgehead atoms. The number of rotatable bonds is 3. The fourth-order valence-electron chi connectivity index (χ4n) is 1.97. The lowest BCUT2D eigenvalue weighted by Gasteiger charge is -2.33. The molecular weight excluding hydrogens is 240 g/mol. The van der Waals surface area contributed by atoms with E-state index in [1.807, 2.05) is 13.2 Å². The van der Waals surface area contributed by atoms with Crippen molar-refractivity contribution in [3.8, 4) is 0 Å². The van der Waals surface area contributed by atoms with Crippen LogP contribution in [0.4, 0.5) is 0 Å². The predicted octanol–water partition coefficient (Wildman–Crippen LogP) is 2.90. The summed E-state index contributed by atoms with van der Waals surface area (Å²) in [5.41, 5.74) is 1.17. The zero-order valence-corrected chi connectivity index (χ0v) is 9.92. The van der Waals surface area contributed by atoms with Crippen molar-refractivity contribution in [2.24, 2.45) is 5.92 Å². The molecule has 0 spiro atoms. The lowest BCUT2D eigenvalue weighted by atomic mass is 9.78. The Labute approximate surface area is 93.3 Å². The van der Waals surface area contributed by atoms with Crippen molar-refractivity contribution in [3.63, 3.8) is 0 Å². The van der Waals surface area contributed by atoms with Gasteiger partial charge in [-0.3, -0.25) is 4.98 Å². The van der Waals surface area contributed by atoms with Gasteiger partial charge in [0.2, 0.25) is 0 Å². The van der Waals surface area contributed by atoms with Crippen LogP contribution >= 0.6 is 15.9 Å². The Balaban J connectivity index is 2.14. The van der Waals surface area contributed by atoms with E-state index in [1.165, 1.54) is 25.0 Å². The van der Waals surface area contributed by atoms with Crippen LogP contribution < -0.4 is 5.32 Å². The van der Waals surface area contributed by atoms with Gasteiger partial charge in [0.1, 0.15) is 0 Å². The summed E-state index contributed by atoms with van der Waals surface area (Å²) >= 11 is 3.40. The van der Waals surface area contributed by atoms with Gasteiger partial charge in [-0.25, -0.2) is 0 Å². The van der Waals surface area contributed by atoms with E-state index in [0.29, 0.717) is 6.04 Å². The van der Waals surface area contributed by atoms with E-state index in [4.69, 9.17) is 0 Å². The lowest BCUT2D eigenvalue weighted by molar-refractivity contribution is 0.236. The van der Waals surface area contributed by atoms with Gasteiger partial charge >= 0.3 is 0 Å². The first-order valence-corrected chi connectivity index (χ1v) is 5.89. The zero-order chi connectivity index (χ0) is 9.97. The van der Waals surface area contributed by atoms with E-state index in [-0.39, 0.29) is 0 Å². The number of halogens is 1. The van der Waals surface area contributed by atoms with Crippen molar-refractivity contribution >= 4 is 15.9 Å². The minimum atomic E-state index is 0.442. The van der Waals surface area contributed by atoms with Crippen molar-refractivity contribution in [2.75, 3.05) is 7.05 Å². The Morgan fingerprint density at radius 1 is 1.50 bits per heavy atom. The van der Waals surface area contributed by atoms with Crippen molar-refractivity contribution < 1.29 is 0 Å². The molecule has 2 rings (SSSR count). The van der Waals surface area contributed by atoms with Gasteiger partial charge in [0.25, 0.3) is 0 Å². The first-order chi connectivity index (χ1) is 6.81. The molecule has 0 radical (unpaired) electrons. The Hall–Kier alpha value is -0.410. The number of hydrogen-bond acceptors (Lipinski definition) is 2. The van der Waals surface area contributed by atoms with Crippen molar-refractivity contribution in [3.05, 3.63) is 28.5 Å². The molecule has 1 aromatic heterocycles. The van der Waals surface area contributed by atoms with Gasteiger partial charge in [-0.15, -0.1) is 0 Å². The van der Waals surface area contributed by atoms with Crippen LogP contribution in [-0.2, 0) is 0 Å². The molecule has 1 aromatic rings. The molecule has 1 fully saturated rings. The van der Waals surface area contributed by atoms with Gasteiger partial charge in [-0.1, -0.05) is 6.42 Å². The lowest BCUT2D eigenvalue weighted by Crippen LogP contribution is -2.30. The van der Waals surface area contributed by atoms with Crippen LogP contribution in [-0.4, -0.2) is 12.0 Å². The summed E-state index contributed by atoms with van der Waals surface area (Å²) < 4.78 is 1.05. The summed E-state index contributed by atoms with van der Waals surface area (Å²) in [6.07, 6.45) is 5.92. The second kappa shape index (κ2) is 4.41. The van der Waals surface area contributed by atoms with Gasteiger partial charge in [0, 0.05) is 10.7 Å².